The lowest BCUT2D eigenvalue weighted by Gasteiger charge is -2.11. The van der Waals surface area contributed by atoms with Gasteiger partial charge in [0.15, 0.2) is 0 Å². The van der Waals surface area contributed by atoms with E-state index < -0.39 is 6.36 Å². The Hall–Kier alpha value is -0.760. The highest BCUT2D eigenvalue weighted by Gasteiger charge is 2.31. The van der Waals surface area contributed by atoms with E-state index in [1.807, 2.05) is 0 Å². The van der Waals surface area contributed by atoms with Gasteiger partial charge in [0.2, 0.25) is 5.91 Å². The van der Waals surface area contributed by atoms with Crippen LogP contribution in [0.15, 0.2) is 22.7 Å². The molecule has 0 aromatic heterocycles. The first-order valence-corrected chi connectivity index (χ1v) is 6.64. The number of anilines is 1. The van der Waals surface area contributed by atoms with Gasteiger partial charge in [0.25, 0.3) is 0 Å². The van der Waals surface area contributed by atoms with Gasteiger partial charge in [0.1, 0.15) is 5.75 Å². The molecule has 0 fully saturated rings. The molecule has 0 aliphatic carbocycles. The van der Waals surface area contributed by atoms with Crippen molar-refractivity contribution in [3.05, 3.63) is 22.7 Å². The zero-order chi connectivity index (χ0) is 13.8. The van der Waals surface area contributed by atoms with Crippen LogP contribution in [0.2, 0.25) is 0 Å². The number of benzene rings is 1. The Kier molecular flexibility index (Phi) is 5.46. The van der Waals surface area contributed by atoms with E-state index in [1.54, 1.807) is 0 Å². The number of hydrogen-bond acceptors (Lipinski definition) is 2. The van der Waals surface area contributed by atoms with Gasteiger partial charge in [0.05, 0.1) is 4.47 Å². The van der Waals surface area contributed by atoms with Crippen molar-refractivity contribution in [3.63, 3.8) is 0 Å². The first-order chi connectivity index (χ1) is 8.31. The van der Waals surface area contributed by atoms with Crippen molar-refractivity contribution >= 4 is 43.5 Å². The van der Waals surface area contributed by atoms with Gasteiger partial charge in [-0.15, -0.1) is 13.2 Å². The van der Waals surface area contributed by atoms with Crippen LogP contribution >= 0.6 is 31.9 Å². The number of carbonyl (C=O) groups is 1. The number of alkyl halides is 4. The van der Waals surface area contributed by atoms with Gasteiger partial charge in [-0.25, -0.2) is 0 Å². The summed E-state index contributed by atoms with van der Waals surface area (Å²) in [6, 6.07) is 3.80. The van der Waals surface area contributed by atoms with Gasteiger partial charge < -0.3 is 10.1 Å². The predicted molar refractivity (Wildman–Crippen MR) is 67.9 cm³/mol. The number of hydrogen-bond donors (Lipinski definition) is 1. The van der Waals surface area contributed by atoms with Crippen LogP contribution < -0.4 is 10.1 Å². The molecule has 1 N–H and O–H groups in total. The Balaban J connectivity index is 2.76. The van der Waals surface area contributed by atoms with E-state index >= 15 is 0 Å². The van der Waals surface area contributed by atoms with Crippen LogP contribution in [0.1, 0.15) is 6.42 Å². The van der Waals surface area contributed by atoms with Crippen LogP contribution in [0, 0.1) is 0 Å². The fraction of sp³-hybridized carbons (Fsp3) is 0.300. The Morgan fingerprint density at radius 1 is 1.39 bits per heavy atom. The molecular formula is C10H8Br2F3NO2. The van der Waals surface area contributed by atoms with E-state index in [0.717, 1.165) is 6.07 Å². The lowest BCUT2D eigenvalue weighted by molar-refractivity contribution is -0.274. The van der Waals surface area contributed by atoms with Crippen molar-refractivity contribution in [2.75, 3.05) is 10.6 Å². The smallest absolute Gasteiger partial charge is 0.405 e. The van der Waals surface area contributed by atoms with E-state index in [-0.39, 0.29) is 22.6 Å². The highest BCUT2D eigenvalue weighted by molar-refractivity contribution is 9.10. The molecule has 0 aliphatic heterocycles. The summed E-state index contributed by atoms with van der Waals surface area (Å²) >= 11 is 6.05. The van der Waals surface area contributed by atoms with E-state index in [2.05, 4.69) is 41.9 Å². The standard InChI is InChI=1S/C10H8Br2F3NO2/c11-4-3-9(17)16-6-1-2-8(7(12)5-6)18-10(13,14)15/h1-2,5H,3-4H2,(H,16,17). The maximum Gasteiger partial charge on any atom is 0.573 e. The minimum absolute atomic E-state index is 0.108. The van der Waals surface area contributed by atoms with E-state index in [0.29, 0.717) is 11.0 Å². The van der Waals surface area contributed by atoms with Crippen molar-refractivity contribution in [3.8, 4) is 5.75 Å². The van der Waals surface area contributed by atoms with Crippen LogP contribution in [-0.4, -0.2) is 17.6 Å². The van der Waals surface area contributed by atoms with Crippen LogP contribution in [0.4, 0.5) is 18.9 Å². The molecule has 1 aromatic rings. The molecule has 3 nitrogen and oxygen atoms in total. The summed E-state index contributed by atoms with van der Waals surface area (Å²) in [6.45, 7) is 0. The summed E-state index contributed by atoms with van der Waals surface area (Å²) < 4.78 is 39.9. The van der Waals surface area contributed by atoms with Crippen molar-refractivity contribution in [2.24, 2.45) is 0 Å². The molecule has 0 aliphatic rings. The monoisotopic (exact) mass is 389 g/mol. The fourth-order valence-corrected chi connectivity index (χ4v) is 1.92. The minimum Gasteiger partial charge on any atom is -0.405 e. The summed E-state index contributed by atoms with van der Waals surface area (Å²) in [5, 5.41) is 3.05. The molecule has 0 unspecified atom stereocenters. The van der Waals surface area contributed by atoms with Crippen LogP contribution in [0.3, 0.4) is 0 Å². The number of halogens is 5. The highest BCUT2D eigenvalue weighted by atomic mass is 79.9. The van der Waals surface area contributed by atoms with E-state index in [4.69, 9.17) is 0 Å². The average molecular weight is 391 g/mol. The largest absolute Gasteiger partial charge is 0.573 e. The zero-order valence-corrected chi connectivity index (χ0v) is 12.0. The zero-order valence-electron chi connectivity index (χ0n) is 8.85. The Labute approximate surface area is 118 Å². The molecule has 0 bridgehead atoms. The molecule has 0 spiro atoms. The molecule has 1 rings (SSSR count). The number of ether oxygens (including phenoxy) is 1. The molecule has 0 radical (unpaired) electrons. The summed E-state index contributed by atoms with van der Waals surface area (Å²) in [5.41, 5.74) is 0.391. The van der Waals surface area contributed by atoms with Crippen LogP contribution in [0.25, 0.3) is 0 Å². The number of carbonyl (C=O) groups excluding carboxylic acids is 1. The summed E-state index contributed by atoms with van der Waals surface area (Å²) in [4.78, 5) is 11.3. The van der Waals surface area contributed by atoms with Gasteiger partial charge >= 0.3 is 6.36 Å². The Bertz CT molecular complexity index is 438. The number of nitrogens with one attached hydrogen (secondary N) is 1. The molecule has 8 heteroatoms. The first kappa shape index (κ1) is 15.3. The first-order valence-electron chi connectivity index (χ1n) is 4.73. The van der Waals surface area contributed by atoms with Crippen LogP contribution in [0.5, 0.6) is 5.75 Å². The lowest BCUT2D eigenvalue weighted by atomic mass is 10.3. The second-order valence-electron chi connectivity index (χ2n) is 3.18. The van der Waals surface area contributed by atoms with E-state index in [1.165, 1.54) is 12.1 Å². The van der Waals surface area contributed by atoms with Crippen molar-refractivity contribution in [1.29, 1.82) is 0 Å². The average Bonchev–Trinajstić information content (AvgIpc) is 2.21. The summed E-state index contributed by atoms with van der Waals surface area (Å²) in [5.74, 6) is -0.593. The van der Waals surface area contributed by atoms with Gasteiger partial charge in [-0.1, -0.05) is 15.9 Å². The minimum atomic E-state index is -4.75. The molecule has 100 valence electrons. The molecule has 0 heterocycles. The Morgan fingerprint density at radius 3 is 2.56 bits per heavy atom. The van der Waals surface area contributed by atoms with Gasteiger partial charge in [-0.3, -0.25) is 4.79 Å². The molecule has 0 atom stereocenters. The molecule has 1 amide bonds. The SMILES string of the molecule is O=C(CCBr)Nc1ccc(OC(F)(F)F)c(Br)c1. The Morgan fingerprint density at radius 2 is 2.06 bits per heavy atom. The number of rotatable bonds is 4. The van der Waals surface area contributed by atoms with E-state index in [9.17, 15) is 18.0 Å². The molecule has 0 saturated carbocycles. The topological polar surface area (TPSA) is 38.3 Å². The predicted octanol–water partition coefficient (Wildman–Crippen LogP) is 4.07. The van der Waals surface area contributed by atoms with Crippen LogP contribution in [-0.2, 0) is 4.79 Å². The maximum absolute atomic E-state index is 12.0. The van der Waals surface area contributed by atoms with Gasteiger partial charge in [-0.2, -0.15) is 0 Å². The second kappa shape index (κ2) is 6.42. The molecule has 18 heavy (non-hydrogen) atoms. The third kappa shape index (κ3) is 5.26. The van der Waals surface area contributed by atoms with Gasteiger partial charge in [-0.05, 0) is 34.1 Å². The molecule has 0 saturated heterocycles. The quantitative estimate of drug-likeness (QED) is 0.787. The maximum atomic E-state index is 12.0. The fourth-order valence-electron chi connectivity index (χ4n) is 1.10. The second-order valence-corrected chi connectivity index (χ2v) is 4.83. The van der Waals surface area contributed by atoms with Crippen molar-refractivity contribution in [2.45, 2.75) is 12.8 Å². The van der Waals surface area contributed by atoms with Crippen molar-refractivity contribution < 1.29 is 22.7 Å². The highest BCUT2D eigenvalue weighted by Crippen LogP contribution is 2.32. The number of amides is 1. The summed E-state index contributed by atoms with van der Waals surface area (Å²) in [6.07, 6.45) is -4.47. The van der Waals surface area contributed by atoms with Crippen molar-refractivity contribution in [1.82, 2.24) is 0 Å². The lowest BCUT2D eigenvalue weighted by Crippen LogP contribution is -2.17. The van der Waals surface area contributed by atoms with Gasteiger partial charge in [0, 0.05) is 17.4 Å². The third-order valence-corrected chi connectivity index (χ3v) is 2.78. The summed E-state index contributed by atoms with van der Waals surface area (Å²) in [7, 11) is 0. The normalized spacial score (nSPS) is 11.2. The third-order valence-electron chi connectivity index (χ3n) is 1.76. The molecular weight excluding hydrogens is 383 g/mol. The molecule has 1 aromatic carbocycles.